The highest BCUT2D eigenvalue weighted by atomic mass is 35.5. The molecule has 5 fully saturated rings. The summed E-state index contributed by atoms with van der Waals surface area (Å²) < 4.78 is 16.7. The molecule has 0 N–H and O–H groups in total. The molecule has 0 aliphatic carbocycles. The topological polar surface area (TPSA) is 304 Å². The molecule has 29 heteroatoms. The summed E-state index contributed by atoms with van der Waals surface area (Å²) in [6.07, 6.45) is 5.06. The highest BCUT2D eigenvalue weighted by molar-refractivity contribution is 8.00. The number of halogens is 2. The van der Waals surface area contributed by atoms with Crippen LogP contribution in [-0.2, 0) is 32.5 Å². The van der Waals surface area contributed by atoms with Crippen LogP contribution in [0.4, 0.5) is 22.7 Å². The van der Waals surface area contributed by atoms with E-state index in [9.17, 15) is 59.4 Å². The lowest BCUT2D eigenvalue weighted by atomic mass is 10.0. The highest BCUT2D eigenvalue weighted by Crippen LogP contribution is 2.36. The van der Waals surface area contributed by atoms with Gasteiger partial charge in [-0.1, -0.05) is 120 Å². The Hall–Kier alpha value is -13.3. The van der Waals surface area contributed by atoms with Crippen LogP contribution in [-0.4, -0.2) is 177 Å². The maximum atomic E-state index is 13.4. The smallest absolute Gasteiger partial charge is 0.289 e. The zero-order valence-corrected chi connectivity index (χ0v) is 67.7. The largest absolute Gasteiger partial charge is 0.459 e. The number of anilines is 4. The van der Waals surface area contributed by atoms with E-state index in [4.69, 9.17) is 32.0 Å². The minimum Gasteiger partial charge on any atom is -0.459 e. The average Bonchev–Trinajstić information content (AvgIpc) is 0.812. The first-order valence-corrected chi connectivity index (χ1v) is 40.5. The number of fused-ring (bicyclic) bond motifs is 4. The Labute approximate surface area is 693 Å². The number of aryl methyl sites for hydroxylation is 4. The molecule has 0 saturated carbocycles. The van der Waals surface area contributed by atoms with Crippen LogP contribution < -0.4 is 41.8 Å². The van der Waals surface area contributed by atoms with E-state index in [-0.39, 0.29) is 73.4 Å². The van der Waals surface area contributed by atoms with Crippen molar-refractivity contribution in [1.82, 2.24) is 37.9 Å². The Kier molecular flexibility index (Phi) is 24.7. The van der Waals surface area contributed by atoms with Crippen LogP contribution in [0.15, 0.2) is 204 Å². The molecule has 5 aliphatic heterocycles. The summed E-state index contributed by atoms with van der Waals surface area (Å²) in [5.41, 5.74) is 7.73. The standard InChI is InChI=1S/C26H22N4O3.C23H20Cl2N4O2.C20H18N4O3.C20H22N4O2S/c27-17-21-24(28-12-14-29(15-13-28)26(32)23-11-6-16-33-23)20-9-4-5-10-22(20)30(25(21)31)18-19-7-2-1-3-8-19;1-14-3-6-20-16(11-14)21(17(13-26)23(31)27(20)2)28-7-9-29(10-8-28)22(30)15-4-5-18(24)19(25)12-15;2*1-22-16-6-3-2-5-14(16)18(15(13-21)19(22)25)23-8-10-24(11-9-23)20(26)17-7-4-12-27-17/h1-11,16H,12-15,18H2;3-6,11-12H,7-10H2,1-2H3;2-7,12H,8-11H2,1H3;2-3,5-6,17H,4,7-12H2,1H3. The van der Waals surface area contributed by atoms with Gasteiger partial charge in [-0.15, -0.1) is 11.8 Å². The van der Waals surface area contributed by atoms with Gasteiger partial charge in [-0.2, -0.15) is 21.0 Å². The van der Waals surface area contributed by atoms with Crippen LogP contribution in [0.1, 0.15) is 77.7 Å². The second-order valence-corrected chi connectivity index (χ2v) is 31.2. The molecule has 0 radical (unpaired) electrons. The molecule has 5 aliphatic rings. The van der Waals surface area contributed by atoms with Gasteiger partial charge in [0.05, 0.1) is 79.2 Å². The van der Waals surface area contributed by atoms with Gasteiger partial charge in [-0.25, -0.2) is 0 Å². The van der Waals surface area contributed by atoms with Crippen molar-refractivity contribution in [3.05, 3.63) is 278 Å². The number of furan rings is 2. The molecule has 17 rings (SSSR count). The molecular formula is C89H82Cl2N16O10S. The van der Waals surface area contributed by atoms with E-state index in [2.05, 4.69) is 29.2 Å². The molecule has 6 aromatic carbocycles. The number of piperazine rings is 4. The lowest BCUT2D eigenvalue weighted by Crippen LogP contribution is -2.51. The fourth-order valence-electron chi connectivity index (χ4n) is 16.1. The van der Waals surface area contributed by atoms with Gasteiger partial charge in [-0.3, -0.25) is 38.4 Å². The third kappa shape index (κ3) is 16.4. The number of nitrogens with zero attached hydrogens (tertiary/aromatic N) is 16. The lowest BCUT2D eigenvalue weighted by molar-refractivity contribution is -0.130. The number of nitriles is 4. The Morgan fingerprint density at radius 2 is 0.805 bits per heavy atom. The number of benzene rings is 6. The maximum Gasteiger partial charge on any atom is 0.289 e. The summed E-state index contributed by atoms with van der Waals surface area (Å²) in [5, 5.41) is 43.3. The van der Waals surface area contributed by atoms with Crippen molar-refractivity contribution in [2.75, 3.05) is 130 Å². The minimum atomic E-state index is -0.317. The average molecular weight is 1640 g/mol. The van der Waals surface area contributed by atoms with Gasteiger partial charge in [0.25, 0.3) is 40.0 Å². The van der Waals surface area contributed by atoms with E-state index in [1.54, 1.807) is 94.6 Å². The van der Waals surface area contributed by atoms with Crippen LogP contribution in [0.3, 0.4) is 0 Å². The first-order valence-electron chi connectivity index (χ1n) is 38.7. The highest BCUT2D eigenvalue weighted by Gasteiger charge is 2.35. The van der Waals surface area contributed by atoms with Gasteiger partial charge in [0, 0.05) is 153 Å². The van der Waals surface area contributed by atoms with E-state index >= 15 is 0 Å². The number of carbonyl (C=O) groups is 4. The fourth-order valence-corrected chi connectivity index (χ4v) is 17.6. The van der Waals surface area contributed by atoms with Crippen LogP contribution in [0, 0.1) is 52.2 Å². The van der Waals surface area contributed by atoms with Gasteiger partial charge in [0.2, 0.25) is 5.91 Å². The molecule has 12 aromatic rings. The summed E-state index contributed by atoms with van der Waals surface area (Å²) in [6, 6.07) is 58.5. The van der Waals surface area contributed by atoms with Crippen molar-refractivity contribution < 1.29 is 28.0 Å². The molecular weight excluding hydrogens is 1560 g/mol. The number of aromatic nitrogens is 4. The van der Waals surface area contributed by atoms with Gasteiger partial charge < -0.3 is 66.3 Å². The predicted octanol–water partition coefficient (Wildman–Crippen LogP) is 11.4. The summed E-state index contributed by atoms with van der Waals surface area (Å²) in [5.74, 6) is 1.53. The first kappa shape index (κ1) is 81.3. The normalized spacial score (nSPS) is 15.4. The monoisotopic (exact) mass is 1640 g/mol. The summed E-state index contributed by atoms with van der Waals surface area (Å²) in [7, 11) is 5.05. The second kappa shape index (κ2) is 35.8. The number of hydrogen-bond donors (Lipinski definition) is 0. The van der Waals surface area contributed by atoms with Crippen molar-refractivity contribution in [2.24, 2.45) is 21.1 Å². The second-order valence-electron chi connectivity index (χ2n) is 29.1. The van der Waals surface area contributed by atoms with E-state index < -0.39 is 0 Å². The molecule has 1 atom stereocenters. The number of amides is 4. The van der Waals surface area contributed by atoms with Gasteiger partial charge in [-0.05, 0) is 104 Å². The molecule has 26 nitrogen and oxygen atoms in total. The number of hydrogen-bond acceptors (Lipinski definition) is 19. The third-order valence-electron chi connectivity index (χ3n) is 22.2. The number of rotatable bonds is 10. The number of thioether (sulfide) groups is 1. The van der Waals surface area contributed by atoms with E-state index in [1.165, 1.54) is 26.2 Å². The zero-order valence-electron chi connectivity index (χ0n) is 65.4. The molecule has 11 heterocycles. The van der Waals surface area contributed by atoms with Crippen LogP contribution >= 0.6 is 35.0 Å². The van der Waals surface area contributed by atoms with Gasteiger partial charge >= 0.3 is 0 Å². The van der Waals surface area contributed by atoms with Crippen LogP contribution in [0.2, 0.25) is 10.0 Å². The molecule has 0 bridgehead atoms. The fraction of sp³-hybridized carbons (Fsp3) is 0.281. The Morgan fingerprint density at radius 3 is 1.22 bits per heavy atom. The Balaban J connectivity index is 0.000000130. The quantitative estimate of drug-likeness (QED) is 0.123. The molecule has 1 unspecified atom stereocenters. The Bertz CT molecular complexity index is 6300. The van der Waals surface area contributed by atoms with Gasteiger partial charge in [0.1, 0.15) is 46.5 Å². The molecule has 6 aromatic heterocycles. The molecule has 0 spiro atoms. The van der Waals surface area contributed by atoms with E-state index in [0.717, 1.165) is 73.3 Å². The van der Waals surface area contributed by atoms with Crippen molar-refractivity contribution in [3.8, 4) is 24.3 Å². The summed E-state index contributed by atoms with van der Waals surface area (Å²) >= 11 is 13.8. The Morgan fingerprint density at radius 1 is 0.415 bits per heavy atom. The third-order valence-corrected chi connectivity index (χ3v) is 24.3. The van der Waals surface area contributed by atoms with Crippen molar-refractivity contribution in [1.29, 1.82) is 21.0 Å². The minimum absolute atomic E-state index is 0.107. The lowest BCUT2D eigenvalue weighted by Gasteiger charge is -2.37. The summed E-state index contributed by atoms with van der Waals surface area (Å²) in [4.78, 5) is 118. The molecule has 118 heavy (non-hydrogen) atoms. The van der Waals surface area contributed by atoms with Crippen LogP contribution in [0.5, 0.6) is 0 Å². The van der Waals surface area contributed by atoms with Gasteiger partial charge in [0.15, 0.2) is 11.5 Å². The van der Waals surface area contributed by atoms with Crippen molar-refractivity contribution in [3.63, 3.8) is 0 Å². The molecule has 598 valence electrons. The SMILES string of the molecule is Cc1ccc2c(c1)c(N1CCN(C(=O)c3ccc(Cl)c(Cl)c3)CC1)c(C#N)c(=O)n2C.Cn1c(=O)c(C#N)c(N2CCN(C(=O)C3CCCS3)CC2)c2ccccc21.Cn1c(=O)c(C#N)c(N2CCN(C(=O)c3ccco3)CC2)c2ccccc21.N#Cc1c(N2CCN(C(=O)c3ccco3)CC2)c2ccccc2n(Cc2ccccc2)c1=O. The van der Waals surface area contributed by atoms with Crippen molar-refractivity contribution >= 4 is 125 Å². The maximum absolute atomic E-state index is 13.4. The predicted molar refractivity (Wildman–Crippen MR) is 457 cm³/mol. The van der Waals surface area contributed by atoms with E-state index in [0.29, 0.717) is 161 Å². The molecule has 5 saturated heterocycles. The molecule has 4 amide bonds. The van der Waals surface area contributed by atoms with E-state index in [1.807, 2.05) is 148 Å². The van der Waals surface area contributed by atoms with Crippen molar-refractivity contribution in [2.45, 2.75) is 31.6 Å². The summed E-state index contributed by atoms with van der Waals surface area (Å²) in [6.45, 7) is 10.9. The number of carbonyl (C=O) groups excluding carboxylic acids is 4. The first-order chi connectivity index (χ1) is 57.2. The number of pyridine rings is 4. The zero-order chi connectivity index (χ0) is 83.0. The van der Waals surface area contributed by atoms with Crippen LogP contribution in [0.25, 0.3) is 43.6 Å². The number of para-hydroxylation sites is 3.